The number of halogens is 2. The second-order valence-electron chi connectivity index (χ2n) is 11.4. The van der Waals surface area contributed by atoms with Crippen molar-refractivity contribution in [3.63, 3.8) is 0 Å². The summed E-state index contributed by atoms with van der Waals surface area (Å²) in [5, 5.41) is 3.77. The van der Waals surface area contributed by atoms with Crippen LogP contribution in [0.5, 0.6) is 0 Å². The number of nitrogens with one attached hydrogen (secondary N) is 1. The van der Waals surface area contributed by atoms with E-state index in [1.165, 1.54) is 11.6 Å². The molecule has 44 heavy (non-hydrogen) atoms. The molecule has 0 radical (unpaired) electrons. The monoisotopic (exact) mass is 595 g/mol. The molecule has 5 rings (SSSR count). The number of benzene rings is 1. The molecule has 0 spiro atoms. The van der Waals surface area contributed by atoms with E-state index in [0.717, 1.165) is 52.7 Å². The maximum absolute atomic E-state index is 15.6. The fourth-order valence-electron chi connectivity index (χ4n) is 5.50. The maximum Gasteiger partial charge on any atom is 0.137 e. The van der Waals surface area contributed by atoms with Crippen LogP contribution in [0, 0.1) is 25.5 Å². The second-order valence-corrected chi connectivity index (χ2v) is 11.4. The van der Waals surface area contributed by atoms with E-state index < -0.39 is 11.6 Å². The molecule has 0 amide bonds. The van der Waals surface area contributed by atoms with E-state index in [4.69, 9.17) is 14.7 Å². The van der Waals surface area contributed by atoms with Crippen molar-refractivity contribution in [3.8, 4) is 11.4 Å². The summed E-state index contributed by atoms with van der Waals surface area (Å²) in [4.78, 5) is 16.3. The first-order chi connectivity index (χ1) is 21.2. The van der Waals surface area contributed by atoms with E-state index in [2.05, 4.69) is 47.8 Å². The summed E-state index contributed by atoms with van der Waals surface area (Å²) in [6.45, 7) is 17.0. The Morgan fingerprint density at radius 2 is 1.84 bits per heavy atom. The normalized spacial score (nSPS) is 14.3. The number of aryl methyl sites for hydroxylation is 1. The lowest BCUT2D eigenvalue weighted by molar-refractivity contribution is 0.122. The molecule has 4 aromatic rings. The smallest absolute Gasteiger partial charge is 0.137 e. The van der Waals surface area contributed by atoms with E-state index in [-0.39, 0.29) is 10.9 Å². The minimum atomic E-state index is -0.695. The minimum Gasteiger partial charge on any atom is -0.378 e. The summed E-state index contributed by atoms with van der Waals surface area (Å²) >= 11 is 0. The molecule has 1 aliphatic rings. The summed E-state index contributed by atoms with van der Waals surface area (Å²) in [6.07, 6.45) is 9.79. The predicted octanol–water partition coefficient (Wildman–Crippen LogP) is 8.87. The summed E-state index contributed by atoms with van der Waals surface area (Å²) < 4.78 is 35.7. The number of morpholine rings is 1. The molecule has 0 atom stereocenters. The van der Waals surface area contributed by atoms with Gasteiger partial charge in [-0.05, 0) is 57.4 Å². The number of allylic oxidation sites excluding steroid dienone is 5. The van der Waals surface area contributed by atoms with Crippen LogP contribution in [-0.4, -0.2) is 41.3 Å². The van der Waals surface area contributed by atoms with Gasteiger partial charge >= 0.3 is 0 Å². The predicted molar refractivity (Wildman–Crippen MR) is 176 cm³/mol. The number of rotatable bonds is 9. The number of nitrogens with zero attached hydrogens (tertiary/aromatic N) is 4. The summed E-state index contributed by atoms with van der Waals surface area (Å²) in [7, 11) is 0. The van der Waals surface area contributed by atoms with Crippen LogP contribution in [0.1, 0.15) is 50.3 Å². The number of fused-ring (bicyclic) bond motifs is 1. The van der Waals surface area contributed by atoms with Crippen molar-refractivity contribution in [2.45, 2.75) is 47.5 Å². The summed E-state index contributed by atoms with van der Waals surface area (Å²) in [5.41, 5.74) is 8.13. The lowest BCUT2D eigenvalue weighted by Gasteiger charge is -2.29. The van der Waals surface area contributed by atoms with Gasteiger partial charge in [-0.1, -0.05) is 43.2 Å². The van der Waals surface area contributed by atoms with Gasteiger partial charge < -0.3 is 15.0 Å². The van der Waals surface area contributed by atoms with E-state index in [1.807, 2.05) is 45.2 Å². The van der Waals surface area contributed by atoms with Gasteiger partial charge in [0.05, 0.1) is 46.9 Å². The Balaban J connectivity index is 1.75. The van der Waals surface area contributed by atoms with Crippen molar-refractivity contribution in [3.05, 3.63) is 101 Å². The zero-order valence-electron chi connectivity index (χ0n) is 26.1. The minimum absolute atomic E-state index is 0.201. The van der Waals surface area contributed by atoms with Gasteiger partial charge in [0.2, 0.25) is 0 Å². The molecule has 0 bridgehead atoms. The molecule has 6 nitrogen and oxygen atoms in total. The number of anilines is 3. The molecule has 1 N–H and O–H groups in total. The average Bonchev–Trinajstić information content (AvgIpc) is 2.99. The van der Waals surface area contributed by atoms with Crippen LogP contribution in [0.25, 0.3) is 27.9 Å². The molecule has 1 aromatic carbocycles. The third-order valence-corrected chi connectivity index (χ3v) is 7.82. The first-order valence-corrected chi connectivity index (χ1v) is 15.0. The lowest BCUT2D eigenvalue weighted by Crippen LogP contribution is -2.36. The van der Waals surface area contributed by atoms with Gasteiger partial charge in [-0.25, -0.2) is 18.7 Å². The SMILES string of the molecule is C=C(C)C(=CC=C(C)CCC)c1cnc(N2CCOCC2)cc1Nc1c(C)c(-c2cc(C)ccn2)nc2cc(F)cc(F)c12. The van der Waals surface area contributed by atoms with Crippen LogP contribution < -0.4 is 10.2 Å². The molecular formula is C36H39F2N5O. The van der Waals surface area contributed by atoms with Gasteiger partial charge in [0, 0.05) is 54.8 Å². The van der Waals surface area contributed by atoms with Crippen molar-refractivity contribution in [1.29, 1.82) is 0 Å². The molecule has 8 heteroatoms. The molecule has 228 valence electrons. The van der Waals surface area contributed by atoms with E-state index in [9.17, 15) is 4.39 Å². The summed E-state index contributed by atoms with van der Waals surface area (Å²) in [5.74, 6) is -0.609. The third kappa shape index (κ3) is 6.70. The number of pyridine rings is 3. The first kappa shape index (κ1) is 31.0. The lowest BCUT2D eigenvalue weighted by atomic mass is 9.97. The van der Waals surface area contributed by atoms with Crippen LogP contribution in [0.2, 0.25) is 0 Å². The van der Waals surface area contributed by atoms with Gasteiger partial charge in [0.25, 0.3) is 0 Å². The first-order valence-electron chi connectivity index (χ1n) is 15.0. The van der Waals surface area contributed by atoms with Gasteiger partial charge in [-0.3, -0.25) is 4.98 Å². The zero-order chi connectivity index (χ0) is 31.4. The quantitative estimate of drug-likeness (QED) is 0.195. The van der Waals surface area contributed by atoms with Crippen molar-refractivity contribution >= 4 is 33.7 Å². The zero-order valence-corrected chi connectivity index (χ0v) is 26.1. The molecular weight excluding hydrogens is 556 g/mol. The Labute approximate surface area is 258 Å². The van der Waals surface area contributed by atoms with Crippen LogP contribution in [0.4, 0.5) is 26.0 Å². The molecule has 3 aromatic heterocycles. The molecule has 0 saturated carbocycles. The third-order valence-electron chi connectivity index (χ3n) is 7.82. The van der Waals surface area contributed by atoms with E-state index in [0.29, 0.717) is 48.9 Å². The highest BCUT2D eigenvalue weighted by atomic mass is 19.1. The highest BCUT2D eigenvalue weighted by Gasteiger charge is 2.22. The van der Waals surface area contributed by atoms with Gasteiger partial charge in [0.1, 0.15) is 17.5 Å². The van der Waals surface area contributed by atoms with Crippen LogP contribution in [0.3, 0.4) is 0 Å². The van der Waals surface area contributed by atoms with Crippen molar-refractivity contribution in [2.75, 3.05) is 36.5 Å². The Kier molecular flexibility index (Phi) is 9.49. The van der Waals surface area contributed by atoms with E-state index >= 15 is 4.39 Å². The van der Waals surface area contributed by atoms with Crippen LogP contribution in [-0.2, 0) is 4.74 Å². The van der Waals surface area contributed by atoms with Crippen molar-refractivity contribution < 1.29 is 13.5 Å². The molecule has 4 heterocycles. The Bertz CT molecular complexity index is 1770. The Morgan fingerprint density at radius 3 is 2.55 bits per heavy atom. The van der Waals surface area contributed by atoms with Gasteiger partial charge in [0.15, 0.2) is 0 Å². The fourth-order valence-corrected chi connectivity index (χ4v) is 5.50. The maximum atomic E-state index is 15.6. The molecule has 0 unspecified atom stereocenters. The van der Waals surface area contributed by atoms with E-state index in [1.54, 1.807) is 6.20 Å². The number of ether oxygens (including phenoxy) is 1. The molecule has 0 aliphatic carbocycles. The van der Waals surface area contributed by atoms with Crippen LogP contribution >= 0.6 is 0 Å². The van der Waals surface area contributed by atoms with Gasteiger partial charge in [-0.2, -0.15) is 0 Å². The highest BCUT2D eigenvalue weighted by Crippen LogP contribution is 2.40. The fraction of sp³-hybridized carbons (Fsp3) is 0.306. The highest BCUT2D eigenvalue weighted by molar-refractivity contribution is 5.99. The average molecular weight is 596 g/mol. The van der Waals surface area contributed by atoms with Crippen molar-refractivity contribution in [1.82, 2.24) is 15.0 Å². The Hall–Kier alpha value is -4.43. The number of hydrogen-bond acceptors (Lipinski definition) is 6. The standard InChI is InChI=1S/C36H39F2N5O/c1-7-8-23(4)9-10-27(22(2)3)28-21-40-33(43-13-15-44-16-14-43)20-30(28)41-36-25(6)35(32-17-24(5)11-12-39-32)42-31-19-26(37)18-29(38)34(31)36/h9-12,17-21H,2,7-8,13-16H2,1,3-6H3,(H,40,41,42). The molecule has 1 aliphatic heterocycles. The largest absolute Gasteiger partial charge is 0.378 e. The number of hydrogen-bond donors (Lipinski definition) is 1. The molecule has 1 saturated heterocycles. The summed E-state index contributed by atoms with van der Waals surface area (Å²) in [6, 6.07) is 7.96. The topological polar surface area (TPSA) is 63.2 Å². The van der Waals surface area contributed by atoms with Crippen LogP contribution in [0.15, 0.2) is 72.6 Å². The second kappa shape index (κ2) is 13.5. The van der Waals surface area contributed by atoms with Gasteiger partial charge in [-0.15, -0.1) is 0 Å². The Morgan fingerprint density at radius 1 is 1.07 bits per heavy atom. The van der Waals surface area contributed by atoms with Crippen molar-refractivity contribution in [2.24, 2.45) is 0 Å². The molecule has 1 fully saturated rings. The number of aromatic nitrogens is 3.